The molecule has 0 aromatic carbocycles. The van der Waals surface area contributed by atoms with Crippen LogP contribution in [0, 0.1) is 3.57 Å². The van der Waals surface area contributed by atoms with Gasteiger partial charge in [-0.3, -0.25) is 28.7 Å². The van der Waals surface area contributed by atoms with Crippen LogP contribution in [-0.2, 0) is 12.8 Å². The number of allylic oxidation sites excluding steroid dienone is 3. The van der Waals surface area contributed by atoms with Gasteiger partial charge >= 0.3 is 125 Å². The van der Waals surface area contributed by atoms with Gasteiger partial charge in [-0.1, -0.05) is 88.5 Å². The zero-order valence-corrected chi connectivity index (χ0v) is 51.2. The molecule has 6 rings (SSSR count). The number of pyridine rings is 3. The zero-order chi connectivity index (χ0) is 52.8. The van der Waals surface area contributed by atoms with Gasteiger partial charge in [0.2, 0.25) is 0 Å². The first-order chi connectivity index (χ1) is 34.1. The smallest absolute Gasteiger partial charge is 0.290 e. The Kier molecular flexibility index (Phi) is 27.6. The minimum atomic E-state index is -1.78. The third-order valence-electron chi connectivity index (χ3n) is 13.6. The maximum atomic E-state index is 12.2. The average molecular weight is 1260 g/mol. The largest absolute Gasteiger partial charge is 0.327 e. The van der Waals surface area contributed by atoms with Crippen LogP contribution >= 0.6 is 57.4 Å². The minimum Gasteiger partial charge on any atom is -0.290 e. The Balaban J connectivity index is 0.000000251. The molecule has 0 aliphatic carbocycles. The second kappa shape index (κ2) is 31.6. The van der Waals surface area contributed by atoms with Crippen LogP contribution in [0.15, 0.2) is 70.9 Å². The molecule has 0 aliphatic rings. The molecule has 6 aromatic rings. The van der Waals surface area contributed by atoms with Crippen molar-refractivity contribution in [3.05, 3.63) is 118 Å². The van der Waals surface area contributed by atoms with Crippen molar-refractivity contribution < 1.29 is 0 Å². The summed E-state index contributed by atoms with van der Waals surface area (Å²) in [6, 6.07) is 0.500. The maximum Gasteiger partial charge on any atom is 0.327 e. The number of imidazole rings is 3. The number of nitrogens with one attached hydrogen (secondary N) is 3. The first-order valence-corrected chi connectivity index (χ1v) is 36.2. The molecule has 17 heteroatoms. The summed E-state index contributed by atoms with van der Waals surface area (Å²) in [6.45, 7) is 31.0. The van der Waals surface area contributed by atoms with E-state index < -0.39 is 18.4 Å². The summed E-state index contributed by atoms with van der Waals surface area (Å²) < 4.78 is 12.5. The van der Waals surface area contributed by atoms with Crippen molar-refractivity contribution in [2.45, 2.75) is 188 Å². The number of halogens is 4. The quantitative estimate of drug-likeness (QED) is 0.0312. The maximum absolute atomic E-state index is 12.2. The van der Waals surface area contributed by atoms with E-state index in [-0.39, 0.29) is 35.2 Å². The van der Waals surface area contributed by atoms with E-state index in [0.29, 0.717) is 44.9 Å². The van der Waals surface area contributed by atoms with Gasteiger partial charge in [0.05, 0.1) is 29.7 Å². The molecule has 0 atom stereocenters. The van der Waals surface area contributed by atoms with Gasteiger partial charge in [0.25, 0.3) is 0 Å². The molecule has 71 heavy (non-hydrogen) atoms. The van der Waals surface area contributed by atoms with Crippen LogP contribution in [0.3, 0.4) is 0 Å². The molecule has 0 spiro atoms. The number of aromatic amines is 3. The molecular weight excluding hydrogens is 1170 g/mol. The molecule has 6 aromatic heterocycles. The predicted octanol–water partition coefficient (Wildman–Crippen LogP) is 16.3. The van der Waals surface area contributed by atoms with Crippen molar-refractivity contribution in [3.8, 4) is 0 Å². The summed E-state index contributed by atoms with van der Waals surface area (Å²) in [5.74, 6) is 0. The second-order valence-electron chi connectivity index (χ2n) is 18.3. The second-order valence-corrected chi connectivity index (χ2v) is 34.6. The van der Waals surface area contributed by atoms with Gasteiger partial charge in [0, 0.05) is 47.8 Å². The summed E-state index contributed by atoms with van der Waals surface area (Å²) in [5, 5.41) is 1.73. The fourth-order valence-corrected chi connectivity index (χ4v) is 25.9. The Morgan fingerprint density at radius 1 is 0.535 bits per heavy atom. The summed E-state index contributed by atoms with van der Waals surface area (Å²) in [7, 11) is 0. The van der Waals surface area contributed by atoms with E-state index in [1.165, 1.54) is 43.0 Å². The summed E-state index contributed by atoms with van der Waals surface area (Å²) in [4.78, 5) is 57.3. The van der Waals surface area contributed by atoms with Gasteiger partial charge < -0.3 is 0 Å². The van der Waals surface area contributed by atoms with E-state index in [1.807, 2.05) is 0 Å². The standard InChI is InChI=1S/2C14H18ClN3O.C11H13ClIN3O.3C4H9.C3H5.Sn/c2*1-4-7-10-11(15)8-16-13-12(10)18(14(19)17-13)9(5-2)6-3;1-3-6(4-2)16-9-8(13)7(12)5-14-10(9)15-11(16)17;3*1-3-4-2;1-3-2;/h2*4,8-9H,1,5-7H2,2-3H3,(H,16,17,19);5-6H,3-4H2,1-2H3,(H,14,15,17);3*1,3-4H2,2H3;3H,1-2H2;. The number of H-pyrrole nitrogens is 3. The predicted molar refractivity (Wildman–Crippen MR) is 315 cm³/mol. The Morgan fingerprint density at radius 3 is 1.14 bits per heavy atom. The normalized spacial score (nSPS) is 11.5. The molecule has 0 saturated heterocycles. The van der Waals surface area contributed by atoms with E-state index in [1.54, 1.807) is 57.8 Å². The van der Waals surface area contributed by atoms with Crippen molar-refractivity contribution in [3.63, 3.8) is 0 Å². The van der Waals surface area contributed by atoms with Crippen molar-refractivity contribution in [2.24, 2.45) is 0 Å². The molecule has 6 heterocycles. The Bertz CT molecular complexity index is 2660. The zero-order valence-electron chi connectivity index (χ0n) is 44.0. The molecule has 0 aliphatic heterocycles. The molecule has 12 nitrogen and oxygen atoms in total. The number of hydrogen-bond acceptors (Lipinski definition) is 6. The first kappa shape index (κ1) is 62.2. The van der Waals surface area contributed by atoms with E-state index in [2.05, 4.69) is 141 Å². The summed E-state index contributed by atoms with van der Waals surface area (Å²) >= 11 is 18.9. The van der Waals surface area contributed by atoms with Crippen LogP contribution in [0.4, 0.5) is 0 Å². The van der Waals surface area contributed by atoms with Crippen molar-refractivity contribution in [1.82, 2.24) is 43.6 Å². The van der Waals surface area contributed by atoms with Crippen molar-refractivity contribution in [2.75, 3.05) is 0 Å². The summed E-state index contributed by atoms with van der Waals surface area (Å²) in [5.41, 5.74) is 5.70. The van der Waals surface area contributed by atoms with Crippen molar-refractivity contribution >= 4 is 109 Å². The molecule has 3 N–H and O–H groups in total. The topological polar surface area (TPSA) is 152 Å². The molecule has 392 valence electrons. The summed E-state index contributed by atoms with van der Waals surface area (Å²) in [6.07, 6.45) is 25.8. The van der Waals surface area contributed by atoms with Gasteiger partial charge in [-0.2, -0.15) is 0 Å². The van der Waals surface area contributed by atoms with Crippen LogP contribution < -0.4 is 17.1 Å². The van der Waals surface area contributed by atoms with Crippen LogP contribution in [0.5, 0.6) is 0 Å². The molecule has 0 saturated carbocycles. The fraction of sp³-hybridized carbons (Fsp3) is 0.556. The third kappa shape index (κ3) is 15.9. The van der Waals surface area contributed by atoms with E-state index in [4.69, 9.17) is 34.8 Å². The first-order valence-electron chi connectivity index (χ1n) is 25.9. The number of aromatic nitrogens is 9. The fourth-order valence-electron chi connectivity index (χ4n) is 9.62. The number of fused-ring (bicyclic) bond motifs is 3. The van der Waals surface area contributed by atoms with Crippen LogP contribution in [0.25, 0.3) is 33.5 Å². The third-order valence-corrected chi connectivity index (χ3v) is 31.3. The van der Waals surface area contributed by atoms with Gasteiger partial charge in [-0.15, -0.1) is 13.2 Å². The molecule has 0 amide bonds. The van der Waals surface area contributed by atoms with Gasteiger partial charge in [0.15, 0.2) is 16.9 Å². The van der Waals surface area contributed by atoms with E-state index in [9.17, 15) is 14.4 Å². The van der Waals surface area contributed by atoms with E-state index >= 15 is 0 Å². The van der Waals surface area contributed by atoms with E-state index in [0.717, 1.165) is 69.8 Å². The number of rotatable bonds is 24. The van der Waals surface area contributed by atoms with Gasteiger partial charge in [-0.05, 0) is 74.0 Å². The minimum absolute atomic E-state index is 0.110. The number of unbranched alkanes of at least 4 members (excludes halogenated alkanes) is 3. The molecule has 0 unspecified atom stereocenters. The number of hydrogen-bond donors (Lipinski definition) is 3. The van der Waals surface area contributed by atoms with Gasteiger partial charge in [0.1, 0.15) is 5.52 Å². The average Bonchev–Trinajstić information content (AvgIpc) is 4.01. The Morgan fingerprint density at radius 2 is 0.845 bits per heavy atom. The van der Waals surface area contributed by atoms with Crippen LogP contribution in [0.1, 0.15) is 169 Å². The SMILES string of the molecule is C=CCc1c(Cl)cnc2[nH]c(=O)n(C(CC)CC)c12.C=CCc1c(Cl)cnc2[nH]c(=O)n(C(CC)CC)c12.C=C[CH2][Sn]([CH2]CCC)([CH2]CCC)[CH2]CCC.CCC(CC)n1c(=O)[nH]c2ncc(Cl)c(I)c21. The van der Waals surface area contributed by atoms with Crippen LogP contribution in [-0.4, -0.2) is 62.0 Å². The number of nitrogens with zero attached hydrogens (tertiary/aromatic N) is 6. The van der Waals surface area contributed by atoms with Crippen LogP contribution in [0.2, 0.25) is 32.8 Å². The molecule has 0 fully saturated rings. The monoisotopic (exact) mass is 1260 g/mol. The molecular formula is C54H81Cl3IN9O3Sn. The Labute approximate surface area is 455 Å². The molecule has 0 bridgehead atoms. The molecule has 0 radical (unpaired) electrons. The van der Waals surface area contributed by atoms with Gasteiger partial charge in [-0.25, -0.2) is 29.3 Å². The van der Waals surface area contributed by atoms with Crippen molar-refractivity contribution in [1.29, 1.82) is 0 Å². The Hall–Kier alpha value is -3.12.